The smallest absolute Gasteiger partial charge is 0.302 e. The highest BCUT2D eigenvalue weighted by Crippen LogP contribution is 2.37. The van der Waals surface area contributed by atoms with Gasteiger partial charge in [-0.1, -0.05) is 72.6 Å². The Morgan fingerprint density at radius 2 is 1.90 bits per heavy atom. The molecule has 0 heterocycles. The fraction of sp³-hybridized carbons (Fsp3) is 0.308. The standard InChI is InChI=1S/C23H26BrNO.C3H6O2/c1-5-7-12-22(25-4)20-11-9-8-10-19(20)21-15-18(24)13-14-23(21)26-16-17(3)6-2;1-3(4)5-2/h5,7-15,17H,4,6,16H2,1-3H3;1-2H3/b7-5-,22-12-;. The zero-order valence-corrected chi connectivity index (χ0v) is 20.6. The van der Waals surface area contributed by atoms with Crippen LogP contribution in [0, 0.1) is 5.92 Å². The number of methoxy groups -OCH3 is 1. The lowest BCUT2D eigenvalue weighted by molar-refractivity contribution is -0.137. The molecule has 2 rings (SSSR count). The summed E-state index contributed by atoms with van der Waals surface area (Å²) < 4.78 is 11.3. The maximum atomic E-state index is 9.59. The van der Waals surface area contributed by atoms with Gasteiger partial charge in [0.25, 0.3) is 0 Å². The first-order valence-corrected chi connectivity index (χ1v) is 11.0. The molecule has 0 aliphatic carbocycles. The van der Waals surface area contributed by atoms with Crippen LogP contribution in [0.3, 0.4) is 0 Å². The van der Waals surface area contributed by atoms with Crippen LogP contribution in [0.25, 0.3) is 16.8 Å². The van der Waals surface area contributed by atoms with Gasteiger partial charge >= 0.3 is 5.97 Å². The van der Waals surface area contributed by atoms with Gasteiger partial charge in [-0.25, -0.2) is 0 Å². The molecule has 1 unspecified atom stereocenters. The van der Waals surface area contributed by atoms with Crippen LogP contribution in [0.2, 0.25) is 0 Å². The number of hydrogen-bond acceptors (Lipinski definition) is 4. The number of rotatable bonds is 8. The van der Waals surface area contributed by atoms with Crippen LogP contribution >= 0.6 is 15.9 Å². The Bertz CT molecular complexity index is 919. The molecule has 0 N–H and O–H groups in total. The summed E-state index contributed by atoms with van der Waals surface area (Å²) in [6, 6.07) is 14.4. The van der Waals surface area contributed by atoms with E-state index in [0.717, 1.165) is 39.0 Å². The number of nitrogens with zero attached hydrogens (tertiary/aromatic N) is 1. The number of halogens is 1. The van der Waals surface area contributed by atoms with Crippen LogP contribution in [-0.4, -0.2) is 26.4 Å². The van der Waals surface area contributed by atoms with Crippen molar-refractivity contribution < 1.29 is 14.3 Å². The molecule has 2 aromatic carbocycles. The Morgan fingerprint density at radius 1 is 1.23 bits per heavy atom. The number of esters is 1. The summed E-state index contributed by atoms with van der Waals surface area (Å²) in [4.78, 5) is 13.8. The average Bonchev–Trinajstić information content (AvgIpc) is 2.79. The topological polar surface area (TPSA) is 47.9 Å². The third-order valence-corrected chi connectivity index (χ3v) is 5.05. The summed E-state index contributed by atoms with van der Waals surface area (Å²) in [7, 11) is 1.35. The second-order valence-electron chi connectivity index (χ2n) is 6.94. The van der Waals surface area contributed by atoms with Crippen molar-refractivity contribution >= 4 is 34.3 Å². The van der Waals surface area contributed by atoms with Crippen LogP contribution in [0.5, 0.6) is 5.75 Å². The van der Waals surface area contributed by atoms with Crippen molar-refractivity contribution in [2.24, 2.45) is 10.9 Å². The summed E-state index contributed by atoms with van der Waals surface area (Å²) >= 11 is 3.59. The lowest BCUT2D eigenvalue weighted by Crippen LogP contribution is -2.08. The monoisotopic (exact) mass is 485 g/mol. The molecule has 0 fully saturated rings. The first kappa shape index (κ1) is 26.4. The zero-order chi connectivity index (χ0) is 23.2. The zero-order valence-electron chi connectivity index (χ0n) is 19.0. The van der Waals surface area contributed by atoms with Crippen molar-refractivity contribution in [3.05, 3.63) is 70.7 Å². The minimum absolute atomic E-state index is 0.245. The Hall–Kier alpha value is -2.66. The Kier molecular flexibility index (Phi) is 12.2. The summed E-state index contributed by atoms with van der Waals surface area (Å²) in [6.07, 6.45) is 7.03. The molecule has 0 spiro atoms. The van der Waals surface area contributed by atoms with Gasteiger partial charge in [0.15, 0.2) is 0 Å². The highest BCUT2D eigenvalue weighted by atomic mass is 79.9. The number of benzene rings is 2. The second kappa shape index (κ2) is 14.4. The van der Waals surface area contributed by atoms with Crippen LogP contribution in [0.1, 0.15) is 39.7 Å². The fourth-order valence-corrected chi connectivity index (χ4v) is 2.91. The molecule has 0 amide bonds. The molecule has 31 heavy (non-hydrogen) atoms. The van der Waals surface area contributed by atoms with E-state index in [-0.39, 0.29) is 5.97 Å². The van der Waals surface area contributed by atoms with E-state index in [1.165, 1.54) is 14.0 Å². The van der Waals surface area contributed by atoms with Crippen molar-refractivity contribution in [3.63, 3.8) is 0 Å². The van der Waals surface area contributed by atoms with Gasteiger partial charge < -0.3 is 9.47 Å². The summed E-state index contributed by atoms with van der Waals surface area (Å²) in [6.45, 7) is 12.2. The molecule has 0 bridgehead atoms. The fourth-order valence-electron chi connectivity index (χ4n) is 2.54. The number of carbonyl (C=O) groups is 1. The molecule has 0 saturated carbocycles. The molecule has 5 heteroatoms. The molecule has 0 saturated heterocycles. The van der Waals surface area contributed by atoms with Gasteiger partial charge in [0.2, 0.25) is 0 Å². The second-order valence-corrected chi connectivity index (χ2v) is 7.86. The highest BCUT2D eigenvalue weighted by molar-refractivity contribution is 9.10. The Labute approximate surface area is 194 Å². The summed E-state index contributed by atoms with van der Waals surface area (Å²) in [5.74, 6) is 1.15. The Morgan fingerprint density at radius 3 is 2.48 bits per heavy atom. The van der Waals surface area contributed by atoms with Gasteiger partial charge in [0.05, 0.1) is 19.4 Å². The molecule has 0 aliphatic heterocycles. The minimum Gasteiger partial charge on any atom is -0.493 e. The molecular weight excluding hydrogens is 454 g/mol. The van der Waals surface area contributed by atoms with Crippen LogP contribution in [0.4, 0.5) is 0 Å². The molecule has 0 aromatic heterocycles. The number of carbonyl (C=O) groups excluding carboxylic acids is 1. The lowest BCUT2D eigenvalue weighted by atomic mass is 9.96. The van der Waals surface area contributed by atoms with Gasteiger partial charge in [-0.05, 0) is 49.4 Å². The van der Waals surface area contributed by atoms with Gasteiger partial charge in [0.1, 0.15) is 5.75 Å². The van der Waals surface area contributed by atoms with Crippen molar-refractivity contribution in [3.8, 4) is 16.9 Å². The average molecular weight is 486 g/mol. The van der Waals surface area contributed by atoms with Gasteiger partial charge in [-0.2, -0.15) is 0 Å². The molecule has 1 atom stereocenters. The van der Waals surface area contributed by atoms with Crippen molar-refractivity contribution in [2.75, 3.05) is 13.7 Å². The molecule has 2 aromatic rings. The number of hydrogen-bond donors (Lipinski definition) is 0. The minimum atomic E-state index is -0.245. The third-order valence-electron chi connectivity index (χ3n) is 4.56. The Balaban J connectivity index is 0.000000861. The molecule has 0 aliphatic rings. The quantitative estimate of drug-likeness (QED) is 0.223. The molecule has 0 radical (unpaired) electrons. The van der Waals surface area contributed by atoms with Gasteiger partial charge in [-0.3, -0.25) is 9.79 Å². The van der Waals surface area contributed by atoms with E-state index in [1.807, 2.05) is 49.4 Å². The van der Waals surface area contributed by atoms with Gasteiger partial charge in [-0.15, -0.1) is 0 Å². The van der Waals surface area contributed by atoms with Crippen LogP contribution < -0.4 is 4.74 Å². The van der Waals surface area contributed by atoms with E-state index in [0.29, 0.717) is 12.5 Å². The maximum Gasteiger partial charge on any atom is 0.302 e. The number of allylic oxidation sites excluding steroid dienone is 3. The molecular formula is C26H32BrNO3. The predicted octanol–water partition coefficient (Wildman–Crippen LogP) is 7.34. The molecule has 4 nitrogen and oxygen atoms in total. The largest absolute Gasteiger partial charge is 0.493 e. The van der Waals surface area contributed by atoms with Gasteiger partial charge in [0, 0.05) is 22.5 Å². The van der Waals surface area contributed by atoms with E-state index >= 15 is 0 Å². The van der Waals surface area contributed by atoms with E-state index in [4.69, 9.17) is 4.74 Å². The maximum absolute atomic E-state index is 9.59. The highest BCUT2D eigenvalue weighted by Gasteiger charge is 2.14. The summed E-state index contributed by atoms with van der Waals surface area (Å²) in [5, 5.41) is 0. The van der Waals surface area contributed by atoms with E-state index < -0.39 is 0 Å². The first-order chi connectivity index (χ1) is 14.9. The van der Waals surface area contributed by atoms with E-state index in [2.05, 4.69) is 64.4 Å². The van der Waals surface area contributed by atoms with Crippen molar-refractivity contribution in [1.82, 2.24) is 0 Å². The van der Waals surface area contributed by atoms with Crippen molar-refractivity contribution in [2.45, 2.75) is 34.1 Å². The van der Waals surface area contributed by atoms with Crippen LogP contribution in [0.15, 0.2) is 70.2 Å². The van der Waals surface area contributed by atoms with Crippen molar-refractivity contribution in [1.29, 1.82) is 0 Å². The lowest BCUT2D eigenvalue weighted by Gasteiger charge is -2.17. The summed E-state index contributed by atoms with van der Waals surface area (Å²) in [5.41, 5.74) is 4.00. The third kappa shape index (κ3) is 8.93. The van der Waals surface area contributed by atoms with E-state index in [1.54, 1.807) is 0 Å². The van der Waals surface area contributed by atoms with Crippen LogP contribution in [-0.2, 0) is 9.53 Å². The molecule has 166 valence electrons. The van der Waals surface area contributed by atoms with E-state index in [9.17, 15) is 4.79 Å². The number of aliphatic imine (C=N–C) groups is 1. The normalized spacial score (nSPS) is 12.0. The SMILES string of the molecule is C=N/C(=C\C=C/C)c1ccccc1-c1cc(Br)ccc1OCC(C)CC.COC(C)=O. The predicted molar refractivity (Wildman–Crippen MR) is 135 cm³/mol. The first-order valence-electron chi connectivity index (χ1n) is 10.2. The number of ether oxygens (including phenoxy) is 2.